The number of alkyl halides is 1. The maximum absolute atomic E-state index is 12.4. The van der Waals surface area contributed by atoms with Gasteiger partial charge in [-0.1, -0.05) is 30.3 Å². The summed E-state index contributed by atoms with van der Waals surface area (Å²) in [5, 5.41) is -0.548. The average molecular weight is 279 g/mol. The van der Waals surface area contributed by atoms with Crippen molar-refractivity contribution in [2.45, 2.75) is 24.3 Å². The fourth-order valence-electron chi connectivity index (χ4n) is 2.67. The molecular formula is C15H19ClN2O. The molecule has 1 aliphatic heterocycles. The zero-order valence-corrected chi connectivity index (χ0v) is 11.7. The molecule has 4 heteroatoms. The number of nitrogens with zero attached hydrogens (tertiary/aromatic N) is 2. The lowest BCUT2D eigenvalue weighted by molar-refractivity contribution is -0.132. The first-order valence-corrected chi connectivity index (χ1v) is 7.41. The van der Waals surface area contributed by atoms with Crippen molar-refractivity contribution in [1.82, 2.24) is 9.80 Å². The largest absolute Gasteiger partial charge is 0.339 e. The van der Waals surface area contributed by atoms with Crippen molar-refractivity contribution in [2.24, 2.45) is 0 Å². The minimum absolute atomic E-state index is 0.0447. The summed E-state index contributed by atoms with van der Waals surface area (Å²) in [7, 11) is 0. The molecule has 1 unspecified atom stereocenters. The van der Waals surface area contributed by atoms with Crippen LogP contribution in [0.4, 0.5) is 0 Å². The number of carbonyl (C=O) groups excluding carboxylic acids is 1. The van der Waals surface area contributed by atoms with Crippen LogP contribution in [0.3, 0.4) is 0 Å². The predicted molar refractivity (Wildman–Crippen MR) is 76.2 cm³/mol. The Morgan fingerprint density at radius 3 is 2.32 bits per heavy atom. The minimum Gasteiger partial charge on any atom is -0.339 e. The van der Waals surface area contributed by atoms with Crippen LogP contribution in [0.15, 0.2) is 30.3 Å². The quantitative estimate of drug-likeness (QED) is 0.792. The Morgan fingerprint density at radius 2 is 1.74 bits per heavy atom. The van der Waals surface area contributed by atoms with Gasteiger partial charge in [0.05, 0.1) is 0 Å². The van der Waals surface area contributed by atoms with Gasteiger partial charge in [-0.25, -0.2) is 0 Å². The molecule has 3 nitrogen and oxygen atoms in total. The molecule has 1 aliphatic carbocycles. The fourth-order valence-corrected chi connectivity index (χ4v) is 2.96. The smallest absolute Gasteiger partial charge is 0.245 e. The molecule has 1 aromatic rings. The molecule has 2 aliphatic rings. The van der Waals surface area contributed by atoms with Gasteiger partial charge in [0.25, 0.3) is 0 Å². The summed E-state index contributed by atoms with van der Waals surface area (Å²) in [6.45, 7) is 3.61. The Hall–Kier alpha value is -1.06. The monoisotopic (exact) mass is 278 g/mol. The molecule has 0 spiro atoms. The van der Waals surface area contributed by atoms with Crippen molar-refractivity contribution in [3.8, 4) is 0 Å². The number of piperazine rings is 1. The zero-order valence-electron chi connectivity index (χ0n) is 11.0. The SMILES string of the molecule is O=C(C(Cl)c1ccccc1)N1CCN(C2CC2)CC1. The molecule has 1 saturated carbocycles. The van der Waals surface area contributed by atoms with Gasteiger partial charge in [0.1, 0.15) is 5.38 Å². The van der Waals surface area contributed by atoms with Crippen LogP contribution in [-0.4, -0.2) is 47.9 Å². The van der Waals surface area contributed by atoms with Gasteiger partial charge in [0, 0.05) is 32.2 Å². The molecule has 3 rings (SSSR count). The summed E-state index contributed by atoms with van der Waals surface area (Å²) in [4.78, 5) is 16.8. The summed E-state index contributed by atoms with van der Waals surface area (Å²) in [5.74, 6) is 0.0447. The Labute approximate surface area is 119 Å². The van der Waals surface area contributed by atoms with Crippen molar-refractivity contribution >= 4 is 17.5 Å². The van der Waals surface area contributed by atoms with Gasteiger partial charge in [0.2, 0.25) is 5.91 Å². The third-order valence-corrected chi connectivity index (χ3v) is 4.44. The highest BCUT2D eigenvalue weighted by molar-refractivity contribution is 6.30. The van der Waals surface area contributed by atoms with Crippen LogP contribution in [0.2, 0.25) is 0 Å². The van der Waals surface area contributed by atoms with Crippen LogP contribution >= 0.6 is 11.6 Å². The molecule has 19 heavy (non-hydrogen) atoms. The van der Waals surface area contributed by atoms with E-state index in [1.54, 1.807) is 0 Å². The van der Waals surface area contributed by atoms with E-state index in [1.165, 1.54) is 12.8 Å². The highest BCUT2D eigenvalue weighted by Crippen LogP contribution is 2.28. The fraction of sp³-hybridized carbons (Fsp3) is 0.533. The summed E-state index contributed by atoms with van der Waals surface area (Å²) >= 11 is 6.30. The first-order chi connectivity index (χ1) is 9.25. The van der Waals surface area contributed by atoms with E-state index in [0.29, 0.717) is 0 Å². The second kappa shape index (κ2) is 5.51. The Balaban J connectivity index is 1.58. The lowest BCUT2D eigenvalue weighted by atomic mass is 10.1. The third-order valence-electron chi connectivity index (χ3n) is 4.00. The standard InChI is InChI=1S/C15H19ClN2O/c16-14(12-4-2-1-3-5-12)15(19)18-10-8-17(9-11-18)13-6-7-13/h1-5,13-14H,6-11H2. The van der Waals surface area contributed by atoms with E-state index in [9.17, 15) is 4.79 Å². The normalized spacial score (nSPS) is 22.3. The van der Waals surface area contributed by atoms with E-state index >= 15 is 0 Å². The molecule has 0 N–H and O–H groups in total. The van der Waals surface area contributed by atoms with Crippen molar-refractivity contribution in [3.63, 3.8) is 0 Å². The lowest BCUT2D eigenvalue weighted by Crippen LogP contribution is -2.50. The van der Waals surface area contributed by atoms with Crippen molar-refractivity contribution in [3.05, 3.63) is 35.9 Å². The van der Waals surface area contributed by atoms with E-state index in [4.69, 9.17) is 11.6 Å². The summed E-state index contributed by atoms with van der Waals surface area (Å²) < 4.78 is 0. The molecule has 2 fully saturated rings. The van der Waals surface area contributed by atoms with Crippen LogP contribution in [0, 0.1) is 0 Å². The van der Waals surface area contributed by atoms with Crippen molar-refractivity contribution in [2.75, 3.05) is 26.2 Å². The van der Waals surface area contributed by atoms with E-state index in [2.05, 4.69) is 4.90 Å². The molecule has 1 heterocycles. The molecule has 0 bridgehead atoms. The van der Waals surface area contributed by atoms with Gasteiger partial charge in [0.15, 0.2) is 0 Å². The van der Waals surface area contributed by atoms with Crippen LogP contribution in [0.5, 0.6) is 0 Å². The molecule has 1 aromatic carbocycles. The molecule has 102 valence electrons. The van der Waals surface area contributed by atoms with Gasteiger partial charge in [-0.15, -0.1) is 11.6 Å². The van der Waals surface area contributed by atoms with Gasteiger partial charge in [-0.3, -0.25) is 9.69 Å². The van der Waals surface area contributed by atoms with Crippen LogP contribution in [0.25, 0.3) is 0 Å². The first-order valence-electron chi connectivity index (χ1n) is 6.97. The second-order valence-corrected chi connectivity index (χ2v) is 5.80. The van der Waals surface area contributed by atoms with Gasteiger partial charge in [-0.05, 0) is 18.4 Å². The number of halogens is 1. The number of rotatable bonds is 3. The maximum atomic E-state index is 12.4. The van der Waals surface area contributed by atoms with E-state index in [-0.39, 0.29) is 5.91 Å². The third kappa shape index (κ3) is 2.93. The Kier molecular flexibility index (Phi) is 3.76. The highest BCUT2D eigenvalue weighted by atomic mass is 35.5. The van der Waals surface area contributed by atoms with E-state index in [0.717, 1.165) is 37.8 Å². The minimum atomic E-state index is -0.548. The van der Waals surface area contributed by atoms with E-state index in [1.807, 2.05) is 35.2 Å². The van der Waals surface area contributed by atoms with Gasteiger partial charge >= 0.3 is 0 Å². The van der Waals surface area contributed by atoms with E-state index < -0.39 is 5.38 Å². The number of amides is 1. The molecule has 1 saturated heterocycles. The zero-order chi connectivity index (χ0) is 13.2. The average Bonchev–Trinajstić information content (AvgIpc) is 3.31. The Bertz CT molecular complexity index is 439. The first kappa shape index (κ1) is 12.9. The summed E-state index contributed by atoms with van der Waals surface area (Å²) in [6, 6.07) is 10.4. The topological polar surface area (TPSA) is 23.6 Å². The molecule has 1 amide bonds. The number of hydrogen-bond donors (Lipinski definition) is 0. The summed E-state index contributed by atoms with van der Waals surface area (Å²) in [5.41, 5.74) is 0.888. The van der Waals surface area contributed by atoms with Gasteiger partial charge < -0.3 is 4.90 Å². The molecule has 0 aromatic heterocycles. The lowest BCUT2D eigenvalue weighted by Gasteiger charge is -2.35. The predicted octanol–water partition coefficient (Wildman–Crippen LogP) is 2.27. The van der Waals surface area contributed by atoms with Crippen molar-refractivity contribution in [1.29, 1.82) is 0 Å². The Morgan fingerprint density at radius 1 is 1.11 bits per heavy atom. The van der Waals surface area contributed by atoms with Crippen molar-refractivity contribution < 1.29 is 4.79 Å². The number of carbonyl (C=O) groups is 1. The highest BCUT2D eigenvalue weighted by Gasteiger charge is 2.33. The van der Waals surface area contributed by atoms with Gasteiger partial charge in [-0.2, -0.15) is 0 Å². The number of benzene rings is 1. The van der Waals surface area contributed by atoms with Crippen LogP contribution in [0.1, 0.15) is 23.8 Å². The second-order valence-electron chi connectivity index (χ2n) is 5.37. The molecular weight excluding hydrogens is 260 g/mol. The number of hydrogen-bond acceptors (Lipinski definition) is 2. The van der Waals surface area contributed by atoms with Crippen LogP contribution < -0.4 is 0 Å². The molecule has 1 atom stereocenters. The summed E-state index contributed by atoms with van der Waals surface area (Å²) in [6.07, 6.45) is 2.66. The molecule has 0 radical (unpaired) electrons. The van der Waals surface area contributed by atoms with Crippen LogP contribution in [-0.2, 0) is 4.79 Å². The maximum Gasteiger partial charge on any atom is 0.245 e.